The maximum absolute atomic E-state index is 12.9. The van der Waals surface area contributed by atoms with Crippen LogP contribution in [0.15, 0.2) is 11.1 Å². The summed E-state index contributed by atoms with van der Waals surface area (Å²) in [4.78, 5) is 30.9. The van der Waals surface area contributed by atoms with Crippen LogP contribution in [-0.2, 0) is 24.2 Å². The van der Waals surface area contributed by atoms with Crippen molar-refractivity contribution in [2.45, 2.75) is 57.5 Å². The minimum atomic E-state index is 0.0571. The highest BCUT2D eigenvalue weighted by molar-refractivity contribution is 7.18. The number of hydrogen-bond donors (Lipinski definition) is 1. The van der Waals surface area contributed by atoms with Crippen molar-refractivity contribution in [1.82, 2.24) is 14.9 Å². The van der Waals surface area contributed by atoms with E-state index in [1.807, 2.05) is 0 Å². The first-order valence-corrected chi connectivity index (χ1v) is 8.83. The average Bonchev–Trinajstić information content (AvgIpc) is 2.99. The molecule has 1 unspecified atom stereocenters. The topological polar surface area (TPSA) is 64.0 Å². The molecule has 116 valence electrons. The minimum Gasteiger partial charge on any atom is -0.352 e. The Hall–Kier alpha value is -1.69. The molecule has 1 aliphatic heterocycles. The third-order valence-corrected chi connectivity index (χ3v) is 5.89. The van der Waals surface area contributed by atoms with Gasteiger partial charge < -0.3 is 5.32 Å². The van der Waals surface area contributed by atoms with Gasteiger partial charge in [0.15, 0.2) is 0 Å². The van der Waals surface area contributed by atoms with Gasteiger partial charge in [-0.2, -0.15) is 0 Å². The fraction of sp³-hybridized carbons (Fsp3) is 0.562. The molecule has 1 N–H and O–H groups in total. The molecule has 1 fully saturated rings. The lowest BCUT2D eigenvalue weighted by Gasteiger charge is -2.12. The number of thiophene rings is 1. The first-order valence-electron chi connectivity index (χ1n) is 8.01. The van der Waals surface area contributed by atoms with Crippen molar-refractivity contribution in [2.24, 2.45) is 0 Å². The first kappa shape index (κ1) is 13.9. The van der Waals surface area contributed by atoms with Crippen molar-refractivity contribution >= 4 is 27.5 Å². The van der Waals surface area contributed by atoms with E-state index in [4.69, 9.17) is 0 Å². The Kier molecular flexibility index (Phi) is 3.48. The third-order valence-electron chi connectivity index (χ3n) is 4.69. The van der Waals surface area contributed by atoms with Gasteiger partial charge in [0, 0.05) is 23.9 Å². The van der Waals surface area contributed by atoms with Crippen LogP contribution in [0, 0.1) is 0 Å². The van der Waals surface area contributed by atoms with Gasteiger partial charge in [-0.25, -0.2) is 4.98 Å². The van der Waals surface area contributed by atoms with Crippen LogP contribution in [0.3, 0.4) is 0 Å². The largest absolute Gasteiger partial charge is 0.352 e. The van der Waals surface area contributed by atoms with Gasteiger partial charge in [0.1, 0.15) is 4.83 Å². The zero-order valence-electron chi connectivity index (χ0n) is 12.4. The molecule has 0 bridgehead atoms. The Morgan fingerprint density at radius 2 is 2.09 bits per heavy atom. The number of amides is 1. The maximum Gasteiger partial charge on any atom is 0.262 e. The van der Waals surface area contributed by atoms with E-state index in [9.17, 15) is 9.59 Å². The minimum absolute atomic E-state index is 0.0571. The lowest BCUT2D eigenvalue weighted by molar-refractivity contribution is -0.119. The number of aromatic nitrogens is 2. The molecule has 0 radical (unpaired) electrons. The van der Waals surface area contributed by atoms with Gasteiger partial charge in [-0.1, -0.05) is 6.42 Å². The van der Waals surface area contributed by atoms with Crippen molar-refractivity contribution in [3.8, 4) is 0 Å². The van der Waals surface area contributed by atoms with Gasteiger partial charge in [-0.15, -0.1) is 11.3 Å². The zero-order chi connectivity index (χ0) is 15.1. The molecule has 2 aliphatic rings. The Balaban J connectivity index is 1.74. The van der Waals surface area contributed by atoms with E-state index >= 15 is 0 Å². The first-order chi connectivity index (χ1) is 10.7. The molecule has 3 heterocycles. The highest BCUT2D eigenvalue weighted by Crippen LogP contribution is 2.32. The molecule has 0 aromatic carbocycles. The van der Waals surface area contributed by atoms with Crippen LogP contribution < -0.4 is 10.9 Å². The van der Waals surface area contributed by atoms with E-state index in [2.05, 4.69) is 10.3 Å². The summed E-state index contributed by atoms with van der Waals surface area (Å²) in [6.07, 6.45) is 8.68. The van der Waals surface area contributed by atoms with Crippen LogP contribution in [0.25, 0.3) is 10.2 Å². The highest BCUT2D eigenvalue weighted by atomic mass is 32.1. The summed E-state index contributed by atoms with van der Waals surface area (Å²) in [7, 11) is 0. The second-order valence-corrected chi connectivity index (χ2v) is 7.33. The van der Waals surface area contributed by atoms with Gasteiger partial charge in [0.2, 0.25) is 5.91 Å². The lowest BCUT2D eigenvalue weighted by atomic mass is 10.1. The smallest absolute Gasteiger partial charge is 0.262 e. The van der Waals surface area contributed by atoms with Crippen LogP contribution in [0.1, 0.15) is 42.5 Å². The Labute approximate surface area is 132 Å². The van der Waals surface area contributed by atoms with Crippen molar-refractivity contribution in [3.63, 3.8) is 0 Å². The number of carbonyl (C=O) groups excluding carboxylic acids is 1. The molecule has 5 nitrogen and oxygen atoms in total. The van der Waals surface area contributed by atoms with Crippen LogP contribution in [0.5, 0.6) is 0 Å². The summed E-state index contributed by atoms with van der Waals surface area (Å²) in [5.41, 5.74) is 1.30. The fourth-order valence-electron chi connectivity index (χ4n) is 3.54. The molecule has 4 rings (SSSR count). The molecule has 1 amide bonds. The number of fused-ring (bicyclic) bond motifs is 3. The van der Waals surface area contributed by atoms with Crippen LogP contribution in [0.4, 0.5) is 0 Å². The van der Waals surface area contributed by atoms with Crippen LogP contribution >= 0.6 is 11.3 Å². The number of carbonyl (C=O) groups is 1. The standard InChI is InChI=1S/C16H19N3O2S/c20-13-7-6-10(18-13)8-19-9-17-15-14(16(19)21)11-4-2-1-3-5-12(11)22-15/h9-10H,1-8H2,(H,18,20). The number of nitrogens with zero attached hydrogens (tertiary/aromatic N) is 2. The molecule has 1 aliphatic carbocycles. The fourth-order valence-corrected chi connectivity index (χ4v) is 4.76. The molecule has 1 saturated heterocycles. The van der Waals surface area contributed by atoms with E-state index in [0.29, 0.717) is 13.0 Å². The monoisotopic (exact) mass is 317 g/mol. The third kappa shape index (κ3) is 2.35. The molecule has 0 spiro atoms. The van der Waals surface area contributed by atoms with Gasteiger partial charge in [0.25, 0.3) is 5.56 Å². The summed E-state index contributed by atoms with van der Waals surface area (Å²) in [5.74, 6) is 0.0801. The maximum atomic E-state index is 12.9. The number of hydrogen-bond acceptors (Lipinski definition) is 4. The quantitative estimate of drug-likeness (QED) is 0.862. The molecule has 0 saturated carbocycles. The van der Waals surface area contributed by atoms with E-state index in [1.165, 1.54) is 23.3 Å². The summed E-state index contributed by atoms with van der Waals surface area (Å²) in [6.45, 7) is 0.526. The SMILES string of the molecule is O=C1CCC(Cn2cnc3sc4c(c3c2=O)CCCCC4)N1. The van der Waals surface area contributed by atoms with Crippen molar-refractivity contribution in [2.75, 3.05) is 0 Å². The van der Waals surface area contributed by atoms with Gasteiger partial charge in [-0.3, -0.25) is 14.2 Å². The summed E-state index contributed by atoms with van der Waals surface area (Å²) in [5, 5.41) is 3.75. The Bertz CT molecular complexity index is 793. The Morgan fingerprint density at radius 1 is 1.23 bits per heavy atom. The van der Waals surface area contributed by atoms with E-state index in [-0.39, 0.29) is 17.5 Å². The van der Waals surface area contributed by atoms with Gasteiger partial charge >= 0.3 is 0 Å². The number of nitrogens with one attached hydrogen (secondary N) is 1. The molecule has 22 heavy (non-hydrogen) atoms. The lowest BCUT2D eigenvalue weighted by Crippen LogP contribution is -2.34. The van der Waals surface area contributed by atoms with Crippen molar-refractivity contribution in [3.05, 3.63) is 27.1 Å². The highest BCUT2D eigenvalue weighted by Gasteiger charge is 2.23. The summed E-state index contributed by atoms with van der Waals surface area (Å²) < 4.78 is 1.68. The molecule has 2 aromatic heterocycles. The molecule has 6 heteroatoms. The Morgan fingerprint density at radius 3 is 2.91 bits per heavy atom. The summed E-state index contributed by atoms with van der Waals surface area (Å²) >= 11 is 1.68. The van der Waals surface area contributed by atoms with Crippen LogP contribution in [0.2, 0.25) is 0 Å². The molecule has 2 aromatic rings. The molecular weight excluding hydrogens is 298 g/mol. The van der Waals surface area contributed by atoms with Gasteiger partial charge in [0.05, 0.1) is 11.7 Å². The normalized spacial score (nSPS) is 21.6. The second-order valence-electron chi connectivity index (χ2n) is 6.25. The average molecular weight is 317 g/mol. The van der Waals surface area contributed by atoms with E-state index in [0.717, 1.165) is 35.9 Å². The van der Waals surface area contributed by atoms with E-state index in [1.54, 1.807) is 22.2 Å². The number of aryl methyl sites for hydroxylation is 2. The van der Waals surface area contributed by atoms with Crippen LogP contribution in [-0.4, -0.2) is 21.5 Å². The van der Waals surface area contributed by atoms with Gasteiger partial charge in [-0.05, 0) is 37.7 Å². The van der Waals surface area contributed by atoms with Crippen molar-refractivity contribution < 1.29 is 4.79 Å². The zero-order valence-corrected chi connectivity index (χ0v) is 13.2. The second kappa shape index (κ2) is 5.50. The summed E-state index contributed by atoms with van der Waals surface area (Å²) in [6, 6.07) is 0.0571. The predicted molar refractivity (Wildman–Crippen MR) is 86.3 cm³/mol. The van der Waals surface area contributed by atoms with Crippen molar-refractivity contribution in [1.29, 1.82) is 0 Å². The van der Waals surface area contributed by atoms with E-state index < -0.39 is 0 Å². The predicted octanol–water partition coefficient (Wildman–Crippen LogP) is 2.01. The molecule has 1 atom stereocenters. The number of rotatable bonds is 2. The molecular formula is C16H19N3O2S.